The van der Waals surface area contributed by atoms with Crippen LogP contribution in [-0.4, -0.2) is 39.0 Å². The maximum absolute atomic E-state index is 12.2. The number of aromatic nitrogens is 5. The summed E-state index contributed by atoms with van der Waals surface area (Å²) in [5.74, 6) is 1.70. The van der Waals surface area contributed by atoms with Gasteiger partial charge in [0.15, 0.2) is 27.3 Å². The molecule has 0 fully saturated rings. The molecule has 0 atom stereocenters. The number of hydrogen-bond acceptors (Lipinski definition) is 6. The molecule has 0 unspecified atom stereocenters. The molecule has 0 radical (unpaired) electrons. The van der Waals surface area contributed by atoms with E-state index in [9.17, 15) is 8.42 Å². The molecular formula is C19H20N6O2S. The lowest BCUT2D eigenvalue weighted by atomic mass is 10.2. The van der Waals surface area contributed by atoms with E-state index >= 15 is 0 Å². The molecule has 0 saturated carbocycles. The summed E-state index contributed by atoms with van der Waals surface area (Å²) in [5.41, 5.74) is 3.40. The number of nitrogens with one attached hydrogen (secondary N) is 2. The highest BCUT2D eigenvalue weighted by Crippen LogP contribution is 2.26. The fourth-order valence-electron chi connectivity index (χ4n) is 2.94. The van der Waals surface area contributed by atoms with Gasteiger partial charge in [0.2, 0.25) is 0 Å². The number of aryl methyl sites for hydroxylation is 2. The predicted octanol–water partition coefficient (Wildman–Crippen LogP) is 3.27. The molecular weight excluding hydrogens is 376 g/mol. The fraction of sp³-hybridized carbons (Fsp3) is 0.211. The van der Waals surface area contributed by atoms with Gasteiger partial charge in [-0.05, 0) is 37.6 Å². The van der Waals surface area contributed by atoms with Crippen LogP contribution in [-0.2, 0) is 9.84 Å². The van der Waals surface area contributed by atoms with E-state index in [1.807, 2.05) is 32.2 Å². The van der Waals surface area contributed by atoms with Crippen molar-refractivity contribution in [2.24, 2.45) is 0 Å². The van der Waals surface area contributed by atoms with Gasteiger partial charge in [0, 0.05) is 23.5 Å². The molecule has 0 bridgehead atoms. The van der Waals surface area contributed by atoms with Crippen LogP contribution in [0.15, 0.2) is 47.5 Å². The second-order valence-corrected chi connectivity index (χ2v) is 8.90. The van der Waals surface area contributed by atoms with Crippen LogP contribution in [0, 0.1) is 13.8 Å². The van der Waals surface area contributed by atoms with Gasteiger partial charge in [-0.1, -0.05) is 19.1 Å². The minimum Gasteiger partial charge on any atom is -0.322 e. The van der Waals surface area contributed by atoms with Gasteiger partial charge in [0.1, 0.15) is 5.52 Å². The lowest BCUT2D eigenvalue weighted by molar-refractivity contribution is 0.597. The van der Waals surface area contributed by atoms with Crippen LogP contribution in [0.3, 0.4) is 0 Å². The summed E-state index contributed by atoms with van der Waals surface area (Å²) in [5, 5.41) is 14.9. The third kappa shape index (κ3) is 3.36. The fourth-order valence-corrected chi connectivity index (χ4v) is 3.87. The number of fused-ring (bicyclic) bond motifs is 1. The van der Waals surface area contributed by atoms with Crippen LogP contribution in [0.5, 0.6) is 0 Å². The first-order valence-corrected chi connectivity index (χ1v) is 10.5. The highest BCUT2D eigenvalue weighted by atomic mass is 32.2. The van der Waals surface area contributed by atoms with Gasteiger partial charge in [-0.15, -0.1) is 5.10 Å². The molecule has 2 N–H and O–H groups in total. The molecule has 4 rings (SSSR count). The SMILES string of the molecule is CCS(=O)(=O)c1cccc(-c2nc(Nc3cc(C)[nH]n3)c3cc(C)cn3n2)c1. The standard InChI is InChI=1S/C19H20N6O2S/c1-4-28(26,27)15-7-5-6-14(10-15)18-21-19(20-17-9-13(3)22-23-17)16-8-12(2)11-25(16)24-18/h5-11H,4H2,1-3H3,(H2,20,21,22,23,24). The highest BCUT2D eigenvalue weighted by molar-refractivity contribution is 7.91. The van der Waals surface area contributed by atoms with Crippen molar-refractivity contribution in [3.8, 4) is 11.4 Å². The maximum atomic E-state index is 12.2. The molecule has 0 saturated heterocycles. The van der Waals surface area contributed by atoms with E-state index in [4.69, 9.17) is 0 Å². The van der Waals surface area contributed by atoms with E-state index in [0.29, 0.717) is 23.0 Å². The van der Waals surface area contributed by atoms with Gasteiger partial charge in [0.25, 0.3) is 0 Å². The third-order valence-electron chi connectivity index (χ3n) is 4.38. The van der Waals surface area contributed by atoms with Crippen LogP contribution in [0.4, 0.5) is 11.6 Å². The normalized spacial score (nSPS) is 11.8. The van der Waals surface area contributed by atoms with Gasteiger partial charge in [-0.2, -0.15) is 5.10 Å². The minimum absolute atomic E-state index is 0.0401. The highest BCUT2D eigenvalue weighted by Gasteiger charge is 2.16. The Labute approximate surface area is 162 Å². The molecule has 3 aromatic heterocycles. The second-order valence-electron chi connectivity index (χ2n) is 6.62. The van der Waals surface area contributed by atoms with E-state index in [1.165, 1.54) is 0 Å². The maximum Gasteiger partial charge on any atom is 0.182 e. The van der Waals surface area contributed by atoms with Gasteiger partial charge in [0.05, 0.1) is 10.6 Å². The van der Waals surface area contributed by atoms with Crippen LogP contribution in [0.1, 0.15) is 18.2 Å². The van der Waals surface area contributed by atoms with E-state index in [0.717, 1.165) is 16.8 Å². The summed E-state index contributed by atoms with van der Waals surface area (Å²) in [6.07, 6.45) is 1.90. The van der Waals surface area contributed by atoms with Crippen molar-refractivity contribution in [1.82, 2.24) is 24.8 Å². The largest absolute Gasteiger partial charge is 0.322 e. The minimum atomic E-state index is -3.32. The Balaban J connectivity index is 1.85. The lowest BCUT2D eigenvalue weighted by Crippen LogP contribution is -2.05. The van der Waals surface area contributed by atoms with Gasteiger partial charge >= 0.3 is 0 Å². The molecule has 28 heavy (non-hydrogen) atoms. The molecule has 9 heteroatoms. The van der Waals surface area contributed by atoms with E-state index in [2.05, 4.69) is 25.6 Å². The van der Waals surface area contributed by atoms with Gasteiger partial charge in [-0.3, -0.25) is 5.10 Å². The van der Waals surface area contributed by atoms with Crippen LogP contribution >= 0.6 is 0 Å². The zero-order valence-corrected chi connectivity index (χ0v) is 16.6. The number of rotatable bonds is 5. The van der Waals surface area contributed by atoms with E-state index in [1.54, 1.807) is 35.7 Å². The monoisotopic (exact) mass is 396 g/mol. The Morgan fingerprint density at radius 2 is 2.00 bits per heavy atom. The van der Waals surface area contributed by atoms with Gasteiger partial charge in [-0.25, -0.2) is 17.9 Å². The molecule has 0 spiro atoms. The molecule has 0 amide bonds. The zero-order chi connectivity index (χ0) is 19.9. The summed E-state index contributed by atoms with van der Waals surface area (Å²) in [4.78, 5) is 4.91. The molecule has 144 valence electrons. The zero-order valence-electron chi connectivity index (χ0n) is 15.8. The van der Waals surface area contributed by atoms with Crippen molar-refractivity contribution in [2.45, 2.75) is 25.7 Å². The Morgan fingerprint density at radius 3 is 2.71 bits per heavy atom. The Hall–Kier alpha value is -3.20. The van der Waals surface area contributed by atoms with E-state index < -0.39 is 9.84 Å². The summed E-state index contributed by atoms with van der Waals surface area (Å²) in [6, 6.07) is 10.6. The van der Waals surface area contributed by atoms with Crippen molar-refractivity contribution in [2.75, 3.05) is 11.1 Å². The van der Waals surface area contributed by atoms with Crippen LogP contribution in [0.2, 0.25) is 0 Å². The van der Waals surface area contributed by atoms with E-state index in [-0.39, 0.29) is 10.6 Å². The topological polar surface area (TPSA) is 105 Å². The van der Waals surface area contributed by atoms with Crippen LogP contribution < -0.4 is 5.32 Å². The summed E-state index contributed by atoms with van der Waals surface area (Å²) in [7, 11) is -3.32. The number of sulfone groups is 1. The molecule has 0 aliphatic rings. The summed E-state index contributed by atoms with van der Waals surface area (Å²) < 4.78 is 26.2. The summed E-state index contributed by atoms with van der Waals surface area (Å²) in [6.45, 7) is 5.52. The molecule has 3 heterocycles. The molecule has 8 nitrogen and oxygen atoms in total. The number of hydrogen-bond donors (Lipinski definition) is 2. The molecule has 0 aliphatic carbocycles. The van der Waals surface area contributed by atoms with Crippen molar-refractivity contribution >= 4 is 27.0 Å². The van der Waals surface area contributed by atoms with Gasteiger partial charge < -0.3 is 5.32 Å². The van der Waals surface area contributed by atoms with Crippen molar-refractivity contribution in [3.63, 3.8) is 0 Å². The third-order valence-corrected chi connectivity index (χ3v) is 6.12. The number of nitrogens with zero attached hydrogens (tertiary/aromatic N) is 4. The summed E-state index contributed by atoms with van der Waals surface area (Å²) >= 11 is 0. The first-order chi connectivity index (χ1) is 13.4. The Morgan fingerprint density at radius 1 is 1.18 bits per heavy atom. The average molecular weight is 396 g/mol. The first-order valence-electron chi connectivity index (χ1n) is 8.85. The Bertz CT molecular complexity index is 1270. The number of anilines is 2. The average Bonchev–Trinajstić information content (AvgIpc) is 3.26. The van der Waals surface area contributed by atoms with Crippen molar-refractivity contribution < 1.29 is 8.42 Å². The lowest BCUT2D eigenvalue weighted by Gasteiger charge is -2.09. The molecule has 0 aliphatic heterocycles. The number of aromatic amines is 1. The smallest absolute Gasteiger partial charge is 0.182 e. The number of benzene rings is 1. The quantitative estimate of drug-likeness (QED) is 0.536. The van der Waals surface area contributed by atoms with Crippen molar-refractivity contribution in [1.29, 1.82) is 0 Å². The van der Waals surface area contributed by atoms with Crippen molar-refractivity contribution in [3.05, 3.63) is 53.9 Å². The predicted molar refractivity (Wildman–Crippen MR) is 107 cm³/mol. The second kappa shape index (κ2) is 6.75. The van der Waals surface area contributed by atoms with Crippen LogP contribution in [0.25, 0.3) is 16.9 Å². The first kappa shape index (κ1) is 18.2. The Kier molecular flexibility index (Phi) is 4.38. The molecule has 1 aromatic carbocycles. The molecule has 4 aromatic rings. The number of H-pyrrole nitrogens is 1.